The molecule has 0 atom stereocenters. The van der Waals surface area contributed by atoms with Gasteiger partial charge in [-0.15, -0.1) is 0 Å². The minimum absolute atomic E-state index is 1.03. The Labute approximate surface area is 132 Å². The Balaban J connectivity index is 2.15. The van der Waals surface area contributed by atoms with Crippen LogP contribution >= 0.6 is 11.9 Å². The average Bonchev–Trinajstić information content (AvgIpc) is 2.56. The number of rotatable bonds is 7. The molecule has 0 saturated carbocycles. The maximum absolute atomic E-state index is 4.71. The van der Waals surface area contributed by atoms with Crippen molar-refractivity contribution in [3.05, 3.63) is 83.3 Å². The lowest BCUT2D eigenvalue weighted by Crippen LogP contribution is -2.01. The van der Waals surface area contributed by atoms with Gasteiger partial charge in [0.15, 0.2) is 0 Å². The minimum Gasteiger partial charge on any atom is -0.211 e. The highest BCUT2D eigenvalue weighted by Crippen LogP contribution is 2.16. The van der Waals surface area contributed by atoms with Gasteiger partial charge in [0, 0.05) is 23.1 Å². The van der Waals surface area contributed by atoms with Crippen LogP contribution in [0.25, 0.3) is 0 Å². The number of benzene rings is 2. The Hall–Kier alpha value is -1.80. The quantitative estimate of drug-likeness (QED) is 0.353. The zero-order valence-electron chi connectivity index (χ0n) is 12.4. The third kappa shape index (κ3) is 5.24. The number of nitrogens with zero attached hydrogens (tertiary/aromatic N) is 1. The monoisotopic (exact) mass is 295 g/mol. The molecular formula is C19H21NS. The van der Waals surface area contributed by atoms with Gasteiger partial charge >= 0.3 is 0 Å². The maximum atomic E-state index is 4.71. The third-order valence-corrected chi connectivity index (χ3v) is 3.72. The fraction of sp³-hybridized carbons (Fsp3) is 0.211. The lowest BCUT2D eigenvalue weighted by atomic mass is 10.0. The predicted octanol–water partition coefficient (Wildman–Crippen LogP) is 5.88. The van der Waals surface area contributed by atoms with Crippen LogP contribution in [-0.2, 0) is 0 Å². The summed E-state index contributed by atoms with van der Waals surface area (Å²) < 4.78 is 4.71. The van der Waals surface area contributed by atoms with Gasteiger partial charge in [-0.1, -0.05) is 86.5 Å². The average molecular weight is 295 g/mol. The molecule has 2 rings (SSSR count). The Morgan fingerprint density at radius 3 is 2.05 bits per heavy atom. The Morgan fingerprint density at radius 1 is 0.952 bits per heavy atom. The van der Waals surface area contributed by atoms with Crippen molar-refractivity contribution in [3.63, 3.8) is 0 Å². The molecule has 0 aliphatic rings. The molecule has 2 aromatic rings. The molecule has 0 radical (unpaired) electrons. The van der Waals surface area contributed by atoms with E-state index in [9.17, 15) is 0 Å². The molecule has 0 aliphatic heterocycles. The van der Waals surface area contributed by atoms with Gasteiger partial charge in [0.05, 0.1) is 5.71 Å². The minimum atomic E-state index is 1.03. The second kappa shape index (κ2) is 9.19. The SMILES string of the molecule is CCCC/C=C/SN=C(c1ccccc1)c1ccccc1. The van der Waals surface area contributed by atoms with Gasteiger partial charge in [-0.05, 0) is 11.8 Å². The van der Waals surface area contributed by atoms with Crippen LogP contribution in [0.5, 0.6) is 0 Å². The van der Waals surface area contributed by atoms with Gasteiger partial charge in [-0.3, -0.25) is 0 Å². The van der Waals surface area contributed by atoms with Crippen molar-refractivity contribution in [3.8, 4) is 0 Å². The van der Waals surface area contributed by atoms with Gasteiger partial charge in [-0.25, -0.2) is 4.40 Å². The van der Waals surface area contributed by atoms with Crippen molar-refractivity contribution in [1.29, 1.82) is 0 Å². The van der Waals surface area contributed by atoms with Gasteiger partial charge in [0.2, 0.25) is 0 Å². The van der Waals surface area contributed by atoms with Crippen LogP contribution in [0.2, 0.25) is 0 Å². The van der Waals surface area contributed by atoms with Crippen molar-refractivity contribution < 1.29 is 0 Å². The Bertz CT molecular complexity index is 532. The fourth-order valence-corrected chi connectivity index (χ4v) is 2.58. The second-order valence-corrected chi connectivity index (χ2v) is 5.46. The summed E-state index contributed by atoms with van der Waals surface area (Å²) >= 11 is 1.51. The lowest BCUT2D eigenvalue weighted by Gasteiger charge is -2.06. The molecule has 0 unspecified atom stereocenters. The highest BCUT2D eigenvalue weighted by molar-refractivity contribution is 8.01. The number of hydrogen-bond donors (Lipinski definition) is 0. The first kappa shape index (κ1) is 15.6. The molecule has 0 saturated heterocycles. The molecule has 108 valence electrons. The first-order chi connectivity index (χ1) is 10.4. The summed E-state index contributed by atoms with van der Waals surface area (Å²) in [7, 11) is 0. The predicted molar refractivity (Wildman–Crippen MR) is 94.8 cm³/mol. The van der Waals surface area contributed by atoms with Crippen molar-refractivity contribution in [1.82, 2.24) is 0 Å². The molecule has 0 bridgehead atoms. The highest BCUT2D eigenvalue weighted by Gasteiger charge is 2.05. The first-order valence-electron chi connectivity index (χ1n) is 7.41. The lowest BCUT2D eigenvalue weighted by molar-refractivity contribution is 0.815. The zero-order chi connectivity index (χ0) is 14.8. The molecule has 2 aromatic carbocycles. The summed E-state index contributed by atoms with van der Waals surface area (Å²) in [6, 6.07) is 20.7. The smallest absolute Gasteiger partial charge is 0.0861 e. The zero-order valence-corrected chi connectivity index (χ0v) is 13.2. The molecule has 0 fully saturated rings. The summed E-state index contributed by atoms with van der Waals surface area (Å²) in [6.45, 7) is 2.21. The molecule has 0 N–H and O–H groups in total. The molecule has 2 heteroatoms. The maximum Gasteiger partial charge on any atom is 0.0861 e. The van der Waals surface area contributed by atoms with E-state index in [2.05, 4.69) is 66.9 Å². The van der Waals surface area contributed by atoms with E-state index in [1.807, 2.05) is 12.1 Å². The molecule has 0 spiro atoms. The van der Waals surface area contributed by atoms with E-state index in [4.69, 9.17) is 4.40 Å². The summed E-state index contributed by atoms with van der Waals surface area (Å²) in [6.07, 6.45) is 5.80. The van der Waals surface area contributed by atoms with E-state index in [0.29, 0.717) is 0 Å². The molecular weight excluding hydrogens is 274 g/mol. The Kier molecular flexibility index (Phi) is 6.82. The van der Waals surface area contributed by atoms with Crippen molar-refractivity contribution in [2.24, 2.45) is 4.40 Å². The van der Waals surface area contributed by atoms with Crippen LogP contribution in [0, 0.1) is 0 Å². The van der Waals surface area contributed by atoms with Crippen LogP contribution in [0.3, 0.4) is 0 Å². The van der Waals surface area contributed by atoms with Gasteiger partial charge < -0.3 is 0 Å². The van der Waals surface area contributed by atoms with Crippen molar-refractivity contribution in [2.45, 2.75) is 26.2 Å². The molecule has 0 aliphatic carbocycles. The normalized spacial score (nSPS) is 10.7. The van der Waals surface area contributed by atoms with E-state index in [-0.39, 0.29) is 0 Å². The fourth-order valence-electron chi connectivity index (χ4n) is 1.98. The van der Waals surface area contributed by atoms with Gasteiger partial charge in [0.1, 0.15) is 0 Å². The van der Waals surface area contributed by atoms with E-state index >= 15 is 0 Å². The summed E-state index contributed by atoms with van der Waals surface area (Å²) in [5, 5.41) is 2.08. The molecule has 0 heterocycles. The van der Waals surface area contributed by atoms with E-state index in [1.165, 1.54) is 24.8 Å². The van der Waals surface area contributed by atoms with Crippen molar-refractivity contribution in [2.75, 3.05) is 0 Å². The highest BCUT2D eigenvalue weighted by atomic mass is 32.2. The molecule has 21 heavy (non-hydrogen) atoms. The second-order valence-electron chi connectivity index (χ2n) is 4.79. The molecule has 0 amide bonds. The van der Waals surface area contributed by atoms with Gasteiger partial charge in [0.25, 0.3) is 0 Å². The number of allylic oxidation sites excluding steroid dienone is 1. The van der Waals surface area contributed by atoms with Crippen LogP contribution in [0.15, 0.2) is 76.5 Å². The largest absolute Gasteiger partial charge is 0.211 e. The van der Waals surface area contributed by atoms with E-state index in [1.54, 1.807) is 0 Å². The summed E-state index contributed by atoms with van der Waals surface area (Å²) in [5.74, 6) is 0. The van der Waals surface area contributed by atoms with E-state index < -0.39 is 0 Å². The van der Waals surface area contributed by atoms with Crippen LogP contribution in [0.1, 0.15) is 37.3 Å². The van der Waals surface area contributed by atoms with Crippen molar-refractivity contribution >= 4 is 17.7 Å². The van der Waals surface area contributed by atoms with E-state index in [0.717, 1.165) is 23.3 Å². The number of hydrogen-bond acceptors (Lipinski definition) is 2. The van der Waals surface area contributed by atoms with Crippen LogP contribution in [-0.4, -0.2) is 5.71 Å². The first-order valence-corrected chi connectivity index (χ1v) is 8.25. The van der Waals surface area contributed by atoms with Crippen LogP contribution < -0.4 is 0 Å². The standard InChI is InChI=1S/C19H21NS/c1-2-3-4-11-16-21-20-19(17-12-7-5-8-13-17)18-14-9-6-10-15-18/h5-16H,2-4H2,1H3/b16-11+. The third-order valence-electron chi connectivity index (χ3n) is 3.12. The molecule has 0 aromatic heterocycles. The topological polar surface area (TPSA) is 12.4 Å². The summed E-state index contributed by atoms with van der Waals surface area (Å²) in [4.78, 5) is 0. The number of unbranched alkanes of at least 4 members (excludes halogenated alkanes) is 2. The summed E-state index contributed by atoms with van der Waals surface area (Å²) in [5.41, 5.74) is 3.33. The Morgan fingerprint density at radius 2 is 1.52 bits per heavy atom. The molecule has 1 nitrogen and oxygen atoms in total. The van der Waals surface area contributed by atoms with Crippen LogP contribution in [0.4, 0.5) is 0 Å². The van der Waals surface area contributed by atoms with Gasteiger partial charge in [-0.2, -0.15) is 0 Å².